The van der Waals surface area contributed by atoms with Crippen LogP contribution in [0.4, 0.5) is 0 Å². The van der Waals surface area contributed by atoms with Gasteiger partial charge in [0.15, 0.2) is 50.3 Å². The Morgan fingerprint density at radius 1 is 0.187 bits per heavy atom. The van der Waals surface area contributed by atoms with Crippen molar-refractivity contribution >= 4 is 93.9 Å². The summed E-state index contributed by atoms with van der Waals surface area (Å²) in [5, 5.41) is 129. The van der Waals surface area contributed by atoms with Crippen molar-refractivity contribution in [3.8, 4) is 0 Å². The van der Waals surface area contributed by atoms with Crippen LogP contribution in [-0.2, 0) is 211 Å². The molecule has 150 heavy (non-hydrogen) atoms. The molecular formula is C62H114O76P12. The highest BCUT2D eigenvalue weighted by molar-refractivity contribution is 7.49. The van der Waals surface area contributed by atoms with Crippen molar-refractivity contribution in [2.75, 3.05) is 79.3 Å². The second-order valence-corrected chi connectivity index (χ2v) is 47.5. The molecule has 76 nitrogen and oxygen atoms in total. The van der Waals surface area contributed by atoms with Crippen LogP contribution >= 0.6 is 93.9 Å². The topological polar surface area (TPSA) is 1190 Å². The Balaban J connectivity index is 1.09. The first-order chi connectivity index (χ1) is 69.1. The minimum absolute atomic E-state index is 0.174. The maximum absolute atomic E-state index is 12.8. The number of rotatable bonds is 60. The first-order valence-corrected chi connectivity index (χ1v) is 61.4. The van der Waals surface area contributed by atoms with Crippen LogP contribution in [0.15, 0.2) is 12.1 Å². The summed E-state index contributed by atoms with van der Waals surface area (Å²) in [6, 6.07) is 2.88. The molecule has 8 aliphatic rings. The number of aryl methyl sites for hydroxylation is 4. The fraction of sp³-hybridized carbons (Fsp3) is 0.903. The number of benzene rings is 1. The molecule has 1 aromatic rings. The first-order valence-electron chi connectivity index (χ1n) is 43.0. The van der Waals surface area contributed by atoms with E-state index in [-0.39, 0.29) is 73.6 Å². The van der Waals surface area contributed by atoms with Gasteiger partial charge in [-0.2, -0.15) is 0 Å². The number of phosphoric ester groups is 12. The molecule has 0 aliphatic carbocycles. The van der Waals surface area contributed by atoms with Gasteiger partial charge in [-0.1, -0.05) is 12.1 Å². The van der Waals surface area contributed by atoms with Crippen molar-refractivity contribution < 1.29 is 364 Å². The highest BCUT2D eigenvalue weighted by Gasteiger charge is 2.63. The minimum Gasteiger partial charge on any atom is -0.394 e. The molecule has 0 bridgehead atoms. The molecule has 8 fully saturated rings. The lowest BCUT2D eigenvalue weighted by Gasteiger charge is -2.44. The Hall–Kier alpha value is -0.580. The molecule has 878 valence electrons. The normalized spacial score (nSPS) is 35.7. The van der Waals surface area contributed by atoms with Crippen molar-refractivity contribution in [3.63, 3.8) is 0 Å². The van der Waals surface area contributed by atoms with Crippen LogP contribution in [-0.4, -0.2) is 479 Å². The Labute approximate surface area is 840 Å². The van der Waals surface area contributed by atoms with Gasteiger partial charge in [-0.05, 0) is 73.6 Å². The van der Waals surface area contributed by atoms with Gasteiger partial charge >= 0.3 is 93.9 Å². The van der Waals surface area contributed by atoms with E-state index in [0.717, 1.165) is 0 Å². The second-order valence-electron chi connectivity index (χ2n) is 33.2. The lowest BCUT2D eigenvalue weighted by atomic mass is 9.90. The third-order valence-corrected chi connectivity index (χ3v) is 28.5. The molecule has 0 saturated carbocycles. The van der Waals surface area contributed by atoms with E-state index in [0.29, 0.717) is 0 Å². The summed E-state index contributed by atoms with van der Waals surface area (Å²) in [7, 11) is -70.1. The molecule has 36 N–H and O–H groups in total. The Morgan fingerprint density at radius 2 is 0.313 bits per heavy atom. The van der Waals surface area contributed by atoms with E-state index in [9.17, 15) is 234 Å². The van der Waals surface area contributed by atoms with E-state index in [2.05, 4.69) is 36.2 Å². The van der Waals surface area contributed by atoms with Gasteiger partial charge in [-0.25, -0.2) is 54.8 Å². The van der Waals surface area contributed by atoms with Crippen LogP contribution in [0.1, 0.15) is 47.9 Å². The van der Waals surface area contributed by atoms with Crippen LogP contribution in [0.2, 0.25) is 0 Å². The number of ether oxygens (including phenoxy) is 16. The van der Waals surface area contributed by atoms with E-state index in [1.165, 1.54) is 12.1 Å². The highest BCUT2D eigenvalue weighted by atomic mass is 31.2. The predicted octanol–water partition coefficient (Wildman–Crippen LogP) is -12.1. The van der Waals surface area contributed by atoms with E-state index in [4.69, 9.17) is 93.9 Å². The predicted molar refractivity (Wildman–Crippen MR) is 456 cm³/mol. The summed E-state index contributed by atoms with van der Waals surface area (Å²) in [6.45, 7) is -13.4. The monoisotopic (exact) mass is 2450 g/mol. The molecule has 0 spiro atoms. The van der Waals surface area contributed by atoms with E-state index < -0.39 is 394 Å². The zero-order valence-corrected chi connectivity index (χ0v) is 86.6. The zero-order chi connectivity index (χ0) is 112. The summed E-state index contributed by atoms with van der Waals surface area (Å²) in [5.74, 6) is 0. The Kier molecular flexibility index (Phi) is 49.0. The summed E-state index contributed by atoms with van der Waals surface area (Å²) < 4.78 is 296. The van der Waals surface area contributed by atoms with Crippen molar-refractivity contribution in [3.05, 3.63) is 34.4 Å². The Morgan fingerprint density at radius 3 is 0.453 bits per heavy atom. The molecule has 0 amide bonds. The number of hydrogen-bond acceptors (Lipinski definition) is 52. The Bertz CT molecular complexity index is 4440. The van der Waals surface area contributed by atoms with E-state index in [1.807, 2.05) is 0 Å². The average Bonchev–Trinajstić information content (AvgIpc) is 1.47. The summed E-state index contributed by atoms with van der Waals surface area (Å²) in [5.41, 5.74) is 0.696. The minimum atomic E-state index is -5.89. The lowest BCUT2D eigenvalue weighted by Crippen LogP contribution is -2.61. The van der Waals surface area contributed by atoms with Gasteiger partial charge in [0.25, 0.3) is 0 Å². The molecule has 1 aromatic carbocycles. The van der Waals surface area contributed by atoms with Crippen LogP contribution in [0, 0.1) is 0 Å². The van der Waals surface area contributed by atoms with Crippen molar-refractivity contribution in [2.45, 2.75) is 273 Å². The van der Waals surface area contributed by atoms with Gasteiger partial charge < -0.3 is 255 Å². The smallest absolute Gasteiger partial charge is 0.394 e. The van der Waals surface area contributed by atoms with Crippen LogP contribution in [0.3, 0.4) is 0 Å². The lowest BCUT2D eigenvalue weighted by molar-refractivity contribution is -0.313. The average molecular weight is 2450 g/mol. The van der Waals surface area contributed by atoms with Crippen LogP contribution in [0.5, 0.6) is 0 Å². The highest BCUT2D eigenvalue weighted by Crippen LogP contribution is 2.56. The molecule has 88 heteroatoms. The number of hydrogen-bond donors (Lipinski definition) is 36. The van der Waals surface area contributed by atoms with Gasteiger partial charge in [0.1, 0.15) is 171 Å². The molecular weight excluding hydrogens is 2330 g/mol. The number of phosphoric acid groups is 12. The van der Waals surface area contributed by atoms with E-state index >= 15 is 0 Å². The van der Waals surface area contributed by atoms with Gasteiger partial charge in [-0.15, -0.1) is 0 Å². The van der Waals surface area contributed by atoms with Crippen molar-refractivity contribution in [2.24, 2.45) is 0 Å². The van der Waals surface area contributed by atoms with Crippen molar-refractivity contribution in [1.82, 2.24) is 0 Å². The summed E-state index contributed by atoms with van der Waals surface area (Å²) in [4.78, 5) is 238. The molecule has 0 radical (unpaired) electrons. The third kappa shape index (κ3) is 40.5. The quantitative estimate of drug-likeness (QED) is 0.0213. The molecule has 8 saturated heterocycles. The van der Waals surface area contributed by atoms with Gasteiger partial charge in [0.2, 0.25) is 0 Å². The molecule has 0 unspecified atom stereocenters. The number of aliphatic hydroxyl groups excluding tert-OH is 12. The fourth-order valence-electron chi connectivity index (χ4n) is 16.7. The standard InChI is InChI=1S/C62H114O76P12/c63-15-27-39(123-55-35(71)47(131-143(87,88)89)43(31(19-67)115-55)127-139(75,76)77)51(135-147(99,100)101)59(119-27)111-9-1-5-23-13-25(7-3-11-113-61-53(137-149(105,106)107)41(29(17-65)121-61)125-57-37(73)49(133-145(93,94)95)45(33(21-69)117-57)129-141(81,82)83)26(8-4-12-114-62-54(138-150(108,109)110)42(30(18-66)122-62)126-58-38(74)50(134-146(96,97)98)46(34(22-70)118-58)130-142(84,85)86)14-24(23)6-2-10-112-60-52(136-148(102,103)104)40(28(16-64)120-60)124-56-36(72)48(132-144(90,91)92)44(32(20-68)116-56)128-140(78,79)80/h13-14,27-74H,1-12,15-22H2,(H2,75,76,77)(H2,78,79,80)(H2,81,82,83)(H2,84,85,86)(H2,87,88,89)(H2,90,91,92)(H2,93,94,95)(H2,96,97,98)(H2,99,100,101)(H2,102,103,104)(H2,105,106,107)(H2,108,109,110)/t27-,28-,29-,30-,31-,32-,33-,34-,35-,36-,37-,38-,39-,40-,41-,42-,43-,44-,45-,46-,47-,48-,49-,50-,51-,52-,53-,54-,55-,56-,57-,58-,59-,60-,61-,62-/m1/s1. The largest absolute Gasteiger partial charge is 0.470 e. The summed E-state index contributed by atoms with van der Waals surface area (Å²) >= 11 is 0. The second kappa shape index (κ2) is 55.3. The number of aliphatic hydroxyl groups is 12. The van der Waals surface area contributed by atoms with Gasteiger partial charge in [0.05, 0.1) is 79.3 Å². The molecule has 0 aromatic heterocycles. The molecule has 8 heterocycles. The van der Waals surface area contributed by atoms with Gasteiger partial charge in [0, 0.05) is 0 Å². The zero-order valence-electron chi connectivity index (χ0n) is 75.9. The SMILES string of the molecule is O=P(O)(O)O[C@@H]1[C@@H](O)[C@@H](O[C@H]2[C@@H](OP(=O)(O)O)[C@H](OCCCc3cc(CCCO[C@@H]4O[C@H](CO)[C@@H](O[C@H]5O[C@H](CO)[C@@H](OP(=O)(O)O)[C@H](OP(=O)(O)O)[C@H]5O)[C@H]4OP(=O)(O)O)c(CCCO[C@@H]4O[C@H](CO)[C@@H](O[C@H]5O[C@H](CO)[C@@H](OP(=O)(O)O)[C@H](OP(=O)(O)O)[C@H]5O)[C@H]4OP(=O)(O)O)cc3CCCO[C@@H]3O[C@H](CO)[C@@H](O[C@H]4O[C@H](CO)[C@@H](OP(=O)(O)O)[C@H](OP(=O)(O)O)[C@H]4O)[C@H]3OP(=O)(O)O)O[C@@H]2CO)O[C@H](CO)[C@H]1OP(=O)(O)O. The fourth-order valence-corrected chi connectivity index (χ4v) is 23.4. The van der Waals surface area contributed by atoms with Crippen molar-refractivity contribution in [1.29, 1.82) is 0 Å². The maximum atomic E-state index is 12.8. The third-order valence-electron chi connectivity index (χ3n) is 22.3. The molecule has 36 atom stereocenters. The van der Waals surface area contributed by atoms with E-state index in [1.54, 1.807) is 0 Å². The van der Waals surface area contributed by atoms with Gasteiger partial charge in [-0.3, -0.25) is 54.3 Å². The molecule has 9 rings (SSSR count). The molecule has 8 aliphatic heterocycles. The van der Waals surface area contributed by atoms with Crippen LogP contribution < -0.4 is 0 Å². The maximum Gasteiger partial charge on any atom is 0.470 e. The summed E-state index contributed by atoms with van der Waals surface area (Å²) in [6.07, 6.45) is -87.1. The first kappa shape index (κ1) is 133. The van der Waals surface area contributed by atoms with Crippen LogP contribution in [0.25, 0.3) is 0 Å².